The standard InChI is InChI=1S/C24H26N2O2S/c27-29(28,24-12-6-10-19-9-4-5-11-22(19)24)26-15-13-25(14-16-26)18-21-17-23(21)20-7-2-1-3-8-20/h1-12,21,23H,13-18H2. The Balaban J connectivity index is 1.24. The molecule has 2 atom stereocenters. The van der Waals surface area contributed by atoms with Gasteiger partial charge in [-0.15, -0.1) is 0 Å². The van der Waals surface area contributed by atoms with E-state index in [4.69, 9.17) is 0 Å². The lowest BCUT2D eigenvalue weighted by atomic mass is 10.1. The van der Waals surface area contributed by atoms with Gasteiger partial charge in [-0.2, -0.15) is 4.31 Å². The van der Waals surface area contributed by atoms with Crippen LogP contribution in [-0.2, 0) is 10.0 Å². The van der Waals surface area contributed by atoms with Gasteiger partial charge >= 0.3 is 0 Å². The lowest BCUT2D eigenvalue weighted by Crippen LogP contribution is -2.49. The van der Waals surface area contributed by atoms with Gasteiger partial charge in [0.2, 0.25) is 10.0 Å². The zero-order valence-corrected chi connectivity index (χ0v) is 17.3. The summed E-state index contributed by atoms with van der Waals surface area (Å²) in [5.74, 6) is 1.38. The number of nitrogens with zero attached hydrogens (tertiary/aromatic N) is 2. The molecule has 0 bridgehead atoms. The Bertz CT molecular complexity index is 1100. The molecule has 2 fully saturated rings. The molecule has 5 heteroatoms. The van der Waals surface area contributed by atoms with Gasteiger partial charge < -0.3 is 4.90 Å². The average Bonchev–Trinajstić information content (AvgIpc) is 3.53. The molecule has 0 amide bonds. The Hall–Kier alpha value is -2.21. The van der Waals surface area contributed by atoms with Gasteiger partial charge in [-0.25, -0.2) is 8.42 Å². The molecule has 0 spiro atoms. The fourth-order valence-electron chi connectivity index (χ4n) is 4.60. The van der Waals surface area contributed by atoms with Crippen LogP contribution < -0.4 is 0 Å². The quantitative estimate of drug-likeness (QED) is 0.644. The van der Waals surface area contributed by atoms with E-state index < -0.39 is 10.0 Å². The molecule has 3 aromatic carbocycles. The third-order valence-corrected chi connectivity index (χ3v) is 8.30. The lowest BCUT2D eigenvalue weighted by molar-refractivity contribution is 0.181. The summed E-state index contributed by atoms with van der Waals surface area (Å²) >= 11 is 0. The van der Waals surface area contributed by atoms with E-state index in [2.05, 4.69) is 35.2 Å². The van der Waals surface area contributed by atoms with Crippen molar-refractivity contribution in [2.45, 2.75) is 17.2 Å². The van der Waals surface area contributed by atoms with Crippen LogP contribution in [0.15, 0.2) is 77.7 Å². The zero-order valence-electron chi connectivity index (χ0n) is 16.4. The van der Waals surface area contributed by atoms with Crippen molar-refractivity contribution < 1.29 is 8.42 Å². The van der Waals surface area contributed by atoms with Crippen molar-refractivity contribution in [1.29, 1.82) is 0 Å². The van der Waals surface area contributed by atoms with E-state index in [1.54, 1.807) is 10.4 Å². The van der Waals surface area contributed by atoms with E-state index in [0.29, 0.717) is 29.8 Å². The minimum Gasteiger partial charge on any atom is -0.300 e. The molecule has 4 nitrogen and oxygen atoms in total. The molecular weight excluding hydrogens is 380 g/mol. The van der Waals surface area contributed by atoms with Crippen molar-refractivity contribution in [3.8, 4) is 0 Å². The number of piperazine rings is 1. The Kier molecular flexibility index (Phi) is 4.90. The second-order valence-electron chi connectivity index (χ2n) is 8.19. The second kappa shape index (κ2) is 7.56. The van der Waals surface area contributed by atoms with Crippen LogP contribution >= 0.6 is 0 Å². The number of benzene rings is 3. The van der Waals surface area contributed by atoms with Crippen LogP contribution in [0.4, 0.5) is 0 Å². The summed E-state index contributed by atoms with van der Waals surface area (Å²) in [6.45, 7) is 3.81. The highest BCUT2D eigenvalue weighted by Gasteiger charge is 2.40. The van der Waals surface area contributed by atoms with Crippen LogP contribution in [0.5, 0.6) is 0 Å². The van der Waals surface area contributed by atoms with Gasteiger partial charge in [0, 0.05) is 38.1 Å². The van der Waals surface area contributed by atoms with Gasteiger partial charge in [0.15, 0.2) is 0 Å². The van der Waals surface area contributed by atoms with E-state index in [1.807, 2.05) is 36.4 Å². The first-order chi connectivity index (χ1) is 14.1. The highest BCUT2D eigenvalue weighted by atomic mass is 32.2. The maximum absolute atomic E-state index is 13.3. The molecule has 2 unspecified atom stereocenters. The third kappa shape index (κ3) is 3.70. The molecule has 1 aliphatic carbocycles. The first-order valence-corrected chi connectivity index (χ1v) is 11.8. The van der Waals surface area contributed by atoms with E-state index in [9.17, 15) is 8.42 Å². The van der Waals surface area contributed by atoms with Crippen molar-refractivity contribution in [1.82, 2.24) is 9.21 Å². The van der Waals surface area contributed by atoms with E-state index >= 15 is 0 Å². The Morgan fingerprint density at radius 1 is 0.793 bits per heavy atom. The molecular formula is C24H26N2O2S. The van der Waals surface area contributed by atoms with Gasteiger partial charge in [-0.3, -0.25) is 0 Å². The van der Waals surface area contributed by atoms with Crippen LogP contribution in [0.2, 0.25) is 0 Å². The topological polar surface area (TPSA) is 40.6 Å². The Morgan fingerprint density at radius 2 is 1.48 bits per heavy atom. The van der Waals surface area contributed by atoms with Gasteiger partial charge in [-0.05, 0) is 35.3 Å². The Morgan fingerprint density at radius 3 is 2.28 bits per heavy atom. The fraction of sp³-hybridized carbons (Fsp3) is 0.333. The summed E-state index contributed by atoms with van der Waals surface area (Å²) in [5, 5.41) is 1.77. The highest BCUT2D eigenvalue weighted by Crippen LogP contribution is 2.47. The van der Waals surface area contributed by atoms with Crippen molar-refractivity contribution in [2.24, 2.45) is 5.92 Å². The van der Waals surface area contributed by atoms with Crippen molar-refractivity contribution in [3.05, 3.63) is 78.4 Å². The molecule has 1 saturated heterocycles. The number of hydrogen-bond donors (Lipinski definition) is 0. The molecule has 150 valence electrons. The molecule has 0 radical (unpaired) electrons. The minimum absolute atomic E-state index is 0.426. The summed E-state index contributed by atoms with van der Waals surface area (Å²) in [4.78, 5) is 2.86. The monoisotopic (exact) mass is 406 g/mol. The van der Waals surface area contributed by atoms with E-state index in [-0.39, 0.29) is 0 Å². The van der Waals surface area contributed by atoms with Crippen LogP contribution in [0.1, 0.15) is 17.9 Å². The van der Waals surface area contributed by atoms with Gasteiger partial charge in [-0.1, -0.05) is 66.7 Å². The fourth-order valence-corrected chi connectivity index (χ4v) is 6.24. The molecule has 5 rings (SSSR count). The molecule has 2 aliphatic rings. The molecule has 1 saturated carbocycles. The van der Waals surface area contributed by atoms with Crippen LogP contribution in [0, 0.1) is 5.92 Å². The first-order valence-electron chi connectivity index (χ1n) is 10.4. The normalized spacial score (nSPS) is 23.3. The average molecular weight is 407 g/mol. The van der Waals surface area contributed by atoms with E-state index in [1.165, 1.54) is 12.0 Å². The van der Waals surface area contributed by atoms with Gasteiger partial charge in [0.05, 0.1) is 4.90 Å². The summed E-state index contributed by atoms with van der Waals surface area (Å²) < 4.78 is 28.2. The summed E-state index contributed by atoms with van der Waals surface area (Å²) in [5.41, 5.74) is 1.44. The molecule has 3 aromatic rings. The molecule has 1 aliphatic heterocycles. The van der Waals surface area contributed by atoms with Crippen LogP contribution in [0.25, 0.3) is 10.8 Å². The van der Waals surface area contributed by atoms with Crippen molar-refractivity contribution >= 4 is 20.8 Å². The summed E-state index contributed by atoms with van der Waals surface area (Å²) in [6.07, 6.45) is 1.25. The maximum Gasteiger partial charge on any atom is 0.243 e. The largest absolute Gasteiger partial charge is 0.300 e. The summed E-state index contributed by atoms with van der Waals surface area (Å²) in [6, 6.07) is 24.0. The SMILES string of the molecule is O=S(=O)(c1cccc2ccccc12)N1CCN(CC2CC2c2ccccc2)CC1. The number of rotatable bonds is 5. The molecule has 29 heavy (non-hydrogen) atoms. The molecule has 1 heterocycles. The van der Waals surface area contributed by atoms with Crippen molar-refractivity contribution in [2.75, 3.05) is 32.7 Å². The molecule has 0 N–H and O–H groups in total. The van der Waals surface area contributed by atoms with E-state index in [0.717, 1.165) is 30.4 Å². The van der Waals surface area contributed by atoms with Crippen LogP contribution in [-0.4, -0.2) is 50.3 Å². The number of hydrogen-bond acceptors (Lipinski definition) is 3. The highest BCUT2D eigenvalue weighted by molar-refractivity contribution is 7.89. The van der Waals surface area contributed by atoms with Crippen molar-refractivity contribution in [3.63, 3.8) is 0 Å². The number of sulfonamides is 1. The number of fused-ring (bicyclic) bond motifs is 1. The van der Waals surface area contributed by atoms with Crippen LogP contribution in [0.3, 0.4) is 0 Å². The third-order valence-electron chi connectivity index (χ3n) is 6.34. The maximum atomic E-state index is 13.3. The lowest BCUT2D eigenvalue weighted by Gasteiger charge is -2.34. The predicted molar refractivity (Wildman–Crippen MR) is 116 cm³/mol. The predicted octanol–water partition coefficient (Wildman–Crippen LogP) is 3.95. The second-order valence-corrected chi connectivity index (χ2v) is 10.1. The minimum atomic E-state index is -3.47. The zero-order chi connectivity index (χ0) is 19.8. The van der Waals surface area contributed by atoms with Gasteiger partial charge in [0.1, 0.15) is 0 Å². The smallest absolute Gasteiger partial charge is 0.243 e. The van der Waals surface area contributed by atoms with Gasteiger partial charge in [0.25, 0.3) is 0 Å². The Labute approximate surface area is 172 Å². The molecule has 0 aromatic heterocycles. The first kappa shape index (κ1) is 18.8. The summed E-state index contributed by atoms with van der Waals surface area (Å²) in [7, 11) is -3.47.